The van der Waals surface area contributed by atoms with Crippen LogP contribution in [0.4, 0.5) is 0 Å². The minimum absolute atomic E-state index is 0.0130. The van der Waals surface area contributed by atoms with E-state index in [9.17, 15) is 9.59 Å². The van der Waals surface area contributed by atoms with Crippen molar-refractivity contribution in [1.82, 2.24) is 24.4 Å². The van der Waals surface area contributed by atoms with Crippen LogP contribution in [0.3, 0.4) is 0 Å². The number of carbonyl (C=O) groups is 1. The largest absolute Gasteiger partial charge is 0.474 e. The lowest BCUT2D eigenvalue weighted by Crippen LogP contribution is -2.42. The smallest absolute Gasteiger partial charge is 0.319 e. The monoisotopic (exact) mass is 409 g/mol. The highest BCUT2D eigenvalue weighted by atomic mass is 16.5. The van der Waals surface area contributed by atoms with Gasteiger partial charge in [-0.1, -0.05) is 12.1 Å². The normalized spacial score (nSPS) is 14.6. The van der Waals surface area contributed by atoms with Crippen LogP contribution in [0.1, 0.15) is 19.3 Å². The van der Waals surface area contributed by atoms with Gasteiger partial charge in [0.25, 0.3) is 5.56 Å². The van der Waals surface area contributed by atoms with Gasteiger partial charge in [0, 0.05) is 51.2 Å². The Morgan fingerprint density at radius 3 is 2.77 bits per heavy atom. The fourth-order valence-electron chi connectivity index (χ4n) is 3.52. The van der Waals surface area contributed by atoms with Crippen LogP contribution in [-0.2, 0) is 11.3 Å². The number of carbonyl (C=O) groups excluding carboxylic acids is 1. The van der Waals surface area contributed by atoms with Crippen molar-refractivity contribution in [2.24, 2.45) is 0 Å². The predicted octanol–water partition coefficient (Wildman–Crippen LogP) is 1.66. The minimum Gasteiger partial charge on any atom is -0.474 e. The van der Waals surface area contributed by atoms with Crippen LogP contribution in [0.2, 0.25) is 0 Å². The van der Waals surface area contributed by atoms with Gasteiger partial charge in [0.2, 0.25) is 11.8 Å². The van der Waals surface area contributed by atoms with Gasteiger partial charge in [-0.15, -0.1) is 0 Å². The van der Waals surface area contributed by atoms with Gasteiger partial charge in [0.05, 0.1) is 24.3 Å². The number of fused-ring (bicyclic) bond motifs is 1. The third-order valence-electron chi connectivity index (χ3n) is 5.17. The highest BCUT2D eigenvalue weighted by molar-refractivity contribution is 5.77. The predicted molar refractivity (Wildman–Crippen MR) is 109 cm³/mol. The molecule has 156 valence electrons. The first-order chi connectivity index (χ1) is 14.6. The first kappa shape index (κ1) is 19.8. The van der Waals surface area contributed by atoms with Crippen LogP contribution in [0.5, 0.6) is 11.9 Å². The molecule has 2 aromatic heterocycles. The Kier molecular flexibility index (Phi) is 5.87. The second-order valence-electron chi connectivity index (χ2n) is 7.09. The lowest BCUT2D eigenvalue weighted by molar-refractivity contribution is -0.133. The Morgan fingerprint density at radius 1 is 1.17 bits per heavy atom. The molecule has 30 heavy (non-hydrogen) atoms. The van der Waals surface area contributed by atoms with E-state index in [0.29, 0.717) is 36.4 Å². The number of benzene rings is 1. The van der Waals surface area contributed by atoms with Crippen molar-refractivity contribution in [3.8, 4) is 11.9 Å². The number of likely N-dealkylation sites (tertiary alicyclic amines) is 1. The molecule has 0 N–H and O–H groups in total. The van der Waals surface area contributed by atoms with Crippen LogP contribution in [-0.4, -0.2) is 56.6 Å². The van der Waals surface area contributed by atoms with E-state index in [-0.39, 0.29) is 30.0 Å². The summed E-state index contributed by atoms with van der Waals surface area (Å²) in [5.41, 5.74) is 0.536. The Balaban J connectivity index is 1.29. The number of amides is 1. The zero-order valence-electron chi connectivity index (χ0n) is 16.7. The quantitative estimate of drug-likeness (QED) is 0.610. The number of aryl methyl sites for hydroxylation is 1. The third kappa shape index (κ3) is 4.40. The van der Waals surface area contributed by atoms with E-state index in [1.165, 1.54) is 18.0 Å². The van der Waals surface area contributed by atoms with Crippen LogP contribution in [0, 0.1) is 0 Å². The topological polar surface area (TPSA) is 99.4 Å². The van der Waals surface area contributed by atoms with Gasteiger partial charge in [-0.3, -0.25) is 14.2 Å². The first-order valence-corrected chi connectivity index (χ1v) is 9.89. The first-order valence-electron chi connectivity index (χ1n) is 9.89. The van der Waals surface area contributed by atoms with E-state index in [1.54, 1.807) is 24.4 Å². The number of hydrogen-bond donors (Lipinski definition) is 0. The van der Waals surface area contributed by atoms with Gasteiger partial charge < -0.3 is 14.4 Å². The van der Waals surface area contributed by atoms with Gasteiger partial charge in [-0.2, -0.15) is 4.98 Å². The van der Waals surface area contributed by atoms with Gasteiger partial charge >= 0.3 is 6.01 Å². The molecule has 0 bridgehead atoms. The molecule has 3 heterocycles. The molecule has 1 aliphatic heterocycles. The second kappa shape index (κ2) is 8.89. The summed E-state index contributed by atoms with van der Waals surface area (Å²) < 4.78 is 12.4. The minimum atomic E-state index is -0.124. The van der Waals surface area contributed by atoms with Crippen LogP contribution in [0.15, 0.2) is 47.7 Å². The van der Waals surface area contributed by atoms with Crippen molar-refractivity contribution in [2.75, 3.05) is 20.2 Å². The zero-order chi connectivity index (χ0) is 20.9. The van der Waals surface area contributed by atoms with Crippen LogP contribution < -0.4 is 15.0 Å². The Morgan fingerprint density at radius 2 is 1.97 bits per heavy atom. The SMILES string of the molecule is COc1nccc(OC2CCN(C(=O)CCn3cnc4ccccc4c3=O)CC2)n1. The molecule has 0 unspecified atom stereocenters. The molecule has 1 aromatic carbocycles. The molecule has 1 fully saturated rings. The van der Waals surface area contributed by atoms with E-state index < -0.39 is 0 Å². The number of rotatable bonds is 6. The Bertz CT molecular complexity index is 1090. The fraction of sp³-hybridized carbons (Fsp3) is 0.381. The summed E-state index contributed by atoms with van der Waals surface area (Å²) in [6.07, 6.45) is 4.78. The Labute approximate surface area is 173 Å². The second-order valence-corrected chi connectivity index (χ2v) is 7.09. The number of ether oxygens (including phenoxy) is 2. The number of hydrogen-bond acceptors (Lipinski definition) is 7. The molecule has 1 aliphatic rings. The van der Waals surface area contributed by atoms with Crippen molar-refractivity contribution in [1.29, 1.82) is 0 Å². The number of aromatic nitrogens is 4. The van der Waals surface area contributed by atoms with E-state index in [1.807, 2.05) is 17.0 Å². The average Bonchev–Trinajstić information content (AvgIpc) is 2.79. The molecule has 9 heteroatoms. The van der Waals surface area contributed by atoms with E-state index in [0.717, 1.165) is 12.8 Å². The van der Waals surface area contributed by atoms with Crippen molar-refractivity contribution in [3.05, 3.63) is 53.2 Å². The molecule has 0 spiro atoms. The lowest BCUT2D eigenvalue weighted by Gasteiger charge is -2.32. The fourth-order valence-corrected chi connectivity index (χ4v) is 3.52. The maximum atomic E-state index is 12.6. The average molecular weight is 409 g/mol. The summed E-state index contributed by atoms with van der Waals surface area (Å²) in [7, 11) is 1.51. The number of methoxy groups -OCH3 is 1. The van der Waals surface area contributed by atoms with Gasteiger partial charge in [0.1, 0.15) is 6.10 Å². The highest BCUT2D eigenvalue weighted by Crippen LogP contribution is 2.19. The molecular weight excluding hydrogens is 386 g/mol. The van der Waals surface area contributed by atoms with E-state index in [4.69, 9.17) is 9.47 Å². The summed E-state index contributed by atoms with van der Waals surface area (Å²) in [5.74, 6) is 0.493. The van der Waals surface area contributed by atoms with Crippen molar-refractivity contribution in [3.63, 3.8) is 0 Å². The number of piperidine rings is 1. The number of nitrogens with zero attached hydrogens (tertiary/aromatic N) is 5. The zero-order valence-corrected chi connectivity index (χ0v) is 16.7. The highest BCUT2D eigenvalue weighted by Gasteiger charge is 2.24. The third-order valence-corrected chi connectivity index (χ3v) is 5.17. The van der Waals surface area contributed by atoms with Crippen LogP contribution in [0.25, 0.3) is 10.9 Å². The summed E-state index contributed by atoms with van der Waals surface area (Å²) in [6, 6.07) is 9.16. The van der Waals surface area contributed by atoms with Gasteiger partial charge in [-0.05, 0) is 12.1 Å². The molecule has 1 amide bonds. The lowest BCUT2D eigenvalue weighted by atomic mass is 10.1. The molecule has 0 atom stereocenters. The molecule has 0 radical (unpaired) electrons. The summed E-state index contributed by atoms with van der Waals surface area (Å²) in [4.78, 5) is 39.4. The van der Waals surface area contributed by atoms with Crippen molar-refractivity contribution < 1.29 is 14.3 Å². The van der Waals surface area contributed by atoms with E-state index >= 15 is 0 Å². The summed E-state index contributed by atoms with van der Waals surface area (Å²) in [6.45, 7) is 1.53. The van der Waals surface area contributed by atoms with Gasteiger partial charge in [-0.25, -0.2) is 9.97 Å². The van der Waals surface area contributed by atoms with E-state index in [2.05, 4.69) is 15.0 Å². The van der Waals surface area contributed by atoms with Gasteiger partial charge in [0.15, 0.2) is 0 Å². The molecular formula is C21H23N5O4. The Hall–Kier alpha value is -3.49. The summed E-state index contributed by atoms with van der Waals surface area (Å²) in [5, 5.41) is 0.562. The maximum absolute atomic E-state index is 12.6. The summed E-state index contributed by atoms with van der Waals surface area (Å²) >= 11 is 0. The molecule has 1 saturated heterocycles. The van der Waals surface area contributed by atoms with Crippen molar-refractivity contribution in [2.45, 2.75) is 31.9 Å². The maximum Gasteiger partial charge on any atom is 0.319 e. The molecule has 3 aromatic rings. The molecule has 4 rings (SSSR count). The van der Waals surface area contributed by atoms with Crippen molar-refractivity contribution >= 4 is 16.8 Å². The molecule has 0 aliphatic carbocycles. The number of para-hydroxylation sites is 1. The molecule has 9 nitrogen and oxygen atoms in total. The standard InChI is InChI=1S/C21H23N5O4/c1-29-21-22-10-6-18(24-21)30-15-7-11-25(12-8-15)19(27)9-13-26-14-23-17-5-3-2-4-16(17)20(26)28/h2-6,10,14-15H,7-9,11-13H2,1H3. The van der Waals surface area contributed by atoms with Crippen LogP contribution >= 0.6 is 0 Å². The molecule has 0 saturated carbocycles.